The Labute approximate surface area is 172 Å². The van der Waals surface area contributed by atoms with E-state index in [1.807, 2.05) is 0 Å². The Morgan fingerprint density at radius 3 is 2.46 bits per heavy atom. The van der Waals surface area contributed by atoms with E-state index in [1.54, 1.807) is 49.4 Å². The van der Waals surface area contributed by atoms with Crippen LogP contribution in [-0.4, -0.2) is 24.5 Å². The van der Waals surface area contributed by atoms with Gasteiger partial charge in [0.05, 0.1) is 4.47 Å². The molecule has 138 valence electrons. The molecule has 0 saturated heterocycles. The molecule has 0 aliphatic rings. The van der Waals surface area contributed by atoms with E-state index in [1.165, 1.54) is 0 Å². The van der Waals surface area contributed by atoms with E-state index in [4.69, 9.17) is 21.1 Å². The van der Waals surface area contributed by atoms with Crippen LogP contribution in [0.3, 0.4) is 0 Å². The van der Waals surface area contributed by atoms with Gasteiger partial charge in [-0.25, -0.2) is 0 Å². The fourth-order valence-corrected chi connectivity index (χ4v) is 3.06. The molecular formula is C17H15Br2ClN2O4. The van der Waals surface area contributed by atoms with Gasteiger partial charge in [-0.3, -0.25) is 20.4 Å². The molecule has 1 unspecified atom stereocenters. The van der Waals surface area contributed by atoms with Crippen molar-refractivity contribution in [1.29, 1.82) is 0 Å². The molecule has 2 aromatic carbocycles. The Morgan fingerprint density at radius 1 is 1.12 bits per heavy atom. The number of rotatable bonds is 6. The maximum Gasteiger partial charge on any atom is 0.279 e. The summed E-state index contributed by atoms with van der Waals surface area (Å²) in [5.74, 6) is -0.00843. The number of ether oxygens (including phenoxy) is 2. The molecule has 0 bridgehead atoms. The van der Waals surface area contributed by atoms with E-state index in [-0.39, 0.29) is 6.61 Å². The first kappa shape index (κ1) is 20.5. The van der Waals surface area contributed by atoms with Gasteiger partial charge in [0.15, 0.2) is 12.7 Å². The van der Waals surface area contributed by atoms with E-state index in [0.29, 0.717) is 21.0 Å². The largest absolute Gasteiger partial charge is 0.483 e. The van der Waals surface area contributed by atoms with E-state index < -0.39 is 17.9 Å². The second kappa shape index (κ2) is 9.80. The number of hydrogen-bond donors (Lipinski definition) is 2. The maximum absolute atomic E-state index is 12.0. The van der Waals surface area contributed by atoms with Gasteiger partial charge < -0.3 is 9.47 Å². The van der Waals surface area contributed by atoms with Crippen molar-refractivity contribution in [3.05, 3.63) is 56.4 Å². The first-order chi connectivity index (χ1) is 12.3. The average Bonchev–Trinajstić information content (AvgIpc) is 2.60. The van der Waals surface area contributed by atoms with E-state index >= 15 is 0 Å². The zero-order chi connectivity index (χ0) is 19.1. The number of benzene rings is 2. The number of amides is 2. The Kier molecular flexibility index (Phi) is 7.74. The summed E-state index contributed by atoms with van der Waals surface area (Å²) in [6.07, 6.45) is -0.807. The lowest BCUT2D eigenvalue weighted by atomic mass is 10.3. The lowest BCUT2D eigenvalue weighted by Crippen LogP contribution is -2.48. The van der Waals surface area contributed by atoms with Crippen molar-refractivity contribution in [3.8, 4) is 11.5 Å². The average molecular weight is 507 g/mol. The minimum absolute atomic E-state index is 0.257. The molecule has 0 saturated carbocycles. The predicted molar refractivity (Wildman–Crippen MR) is 105 cm³/mol. The number of halogens is 3. The van der Waals surface area contributed by atoms with Gasteiger partial charge in [0, 0.05) is 9.50 Å². The predicted octanol–water partition coefficient (Wildman–Crippen LogP) is 3.86. The van der Waals surface area contributed by atoms with Crippen molar-refractivity contribution in [2.45, 2.75) is 13.0 Å². The Hall–Kier alpha value is -1.77. The number of carbonyl (C=O) groups excluding carboxylic acids is 2. The van der Waals surface area contributed by atoms with Crippen LogP contribution >= 0.6 is 43.5 Å². The van der Waals surface area contributed by atoms with Crippen LogP contribution < -0.4 is 20.3 Å². The van der Waals surface area contributed by atoms with E-state index in [9.17, 15) is 9.59 Å². The van der Waals surface area contributed by atoms with Gasteiger partial charge in [-0.1, -0.05) is 27.5 Å². The fourth-order valence-electron chi connectivity index (χ4n) is 1.78. The second-order valence-corrected chi connectivity index (χ2v) is 7.32. The molecule has 0 aliphatic heterocycles. The number of hydrazine groups is 1. The zero-order valence-electron chi connectivity index (χ0n) is 13.6. The van der Waals surface area contributed by atoms with E-state index in [0.717, 1.165) is 4.47 Å². The molecule has 2 rings (SSSR count). The molecule has 0 fully saturated rings. The molecule has 0 aromatic heterocycles. The summed E-state index contributed by atoms with van der Waals surface area (Å²) in [5.41, 5.74) is 4.56. The molecule has 2 amide bonds. The van der Waals surface area contributed by atoms with Crippen LogP contribution in [0.2, 0.25) is 5.02 Å². The SMILES string of the molecule is CC(Oc1ccc(Cl)cc1)C(=O)NNC(=O)COc1ccc(Br)cc1Br. The van der Waals surface area contributed by atoms with Crippen LogP contribution in [-0.2, 0) is 9.59 Å². The minimum atomic E-state index is -0.807. The van der Waals surface area contributed by atoms with Gasteiger partial charge in [-0.15, -0.1) is 0 Å². The number of hydrogen-bond acceptors (Lipinski definition) is 4. The van der Waals surface area contributed by atoms with Gasteiger partial charge in [0.25, 0.3) is 11.8 Å². The van der Waals surface area contributed by atoms with Gasteiger partial charge in [-0.05, 0) is 65.3 Å². The molecule has 2 N–H and O–H groups in total. The van der Waals surface area contributed by atoms with Crippen LogP contribution in [0.5, 0.6) is 11.5 Å². The van der Waals surface area contributed by atoms with Crippen LogP contribution in [0, 0.1) is 0 Å². The third kappa shape index (κ3) is 6.51. The summed E-state index contributed by atoms with van der Waals surface area (Å²) in [6.45, 7) is 1.30. The van der Waals surface area contributed by atoms with Gasteiger partial charge >= 0.3 is 0 Å². The normalized spacial score (nSPS) is 11.4. The third-order valence-electron chi connectivity index (χ3n) is 3.07. The lowest BCUT2D eigenvalue weighted by Gasteiger charge is -2.15. The molecule has 26 heavy (non-hydrogen) atoms. The van der Waals surface area contributed by atoms with Crippen molar-refractivity contribution < 1.29 is 19.1 Å². The molecule has 0 radical (unpaired) electrons. The van der Waals surface area contributed by atoms with Gasteiger partial charge in [-0.2, -0.15) is 0 Å². The van der Waals surface area contributed by atoms with Gasteiger partial charge in [0.2, 0.25) is 0 Å². The summed E-state index contributed by atoms with van der Waals surface area (Å²) in [5, 5.41) is 0.569. The molecule has 0 spiro atoms. The van der Waals surface area contributed by atoms with Crippen LogP contribution in [0.25, 0.3) is 0 Å². The monoisotopic (exact) mass is 504 g/mol. The molecular weight excluding hydrogens is 491 g/mol. The fraction of sp³-hybridized carbons (Fsp3) is 0.176. The van der Waals surface area contributed by atoms with E-state index in [2.05, 4.69) is 42.7 Å². The summed E-state index contributed by atoms with van der Waals surface area (Å²) in [7, 11) is 0. The van der Waals surface area contributed by atoms with Crippen molar-refractivity contribution in [2.24, 2.45) is 0 Å². The standard InChI is InChI=1S/C17H15Br2ClN2O4/c1-10(26-13-5-3-12(20)4-6-13)17(24)22-21-16(23)9-25-15-7-2-11(18)8-14(15)19/h2-8,10H,9H2,1H3,(H,21,23)(H,22,24). The Balaban J connectivity index is 1.75. The Morgan fingerprint density at radius 2 is 1.81 bits per heavy atom. The molecule has 9 heteroatoms. The zero-order valence-corrected chi connectivity index (χ0v) is 17.5. The first-order valence-corrected chi connectivity index (χ1v) is 9.40. The molecule has 0 aliphatic carbocycles. The molecule has 0 heterocycles. The lowest BCUT2D eigenvalue weighted by molar-refractivity contribution is -0.133. The third-order valence-corrected chi connectivity index (χ3v) is 4.44. The van der Waals surface area contributed by atoms with Crippen molar-refractivity contribution in [2.75, 3.05) is 6.61 Å². The Bertz CT molecular complexity index is 787. The molecule has 6 nitrogen and oxygen atoms in total. The summed E-state index contributed by atoms with van der Waals surface area (Å²) in [6, 6.07) is 11.9. The second-order valence-electron chi connectivity index (χ2n) is 5.11. The first-order valence-electron chi connectivity index (χ1n) is 7.44. The quantitative estimate of drug-likeness (QED) is 0.584. The highest BCUT2D eigenvalue weighted by Gasteiger charge is 2.15. The highest BCUT2D eigenvalue weighted by molar-refractivity contribution is 9.11. The van der Waals surface area contributed by atoms with Crippen molar-refractivity contribution >= 4 is 55.3 Å². The van der Waals surface area contributed by atoms with Crippen LogP contribution in [0.15, 0.2) is 51.4 Å². The molecule has 1 atom stereocenters. The summed E-state index contributed by atoms with van der Waals surface area (Å²) in [4.78, 5) is 23.7. The molecule has 2 aromatic rings. The van der Waals surface area contributed by atoms with Gasteiger partial charge in [0.1, 0.15) is 11.5 Å². The van der Waals surface area contributed by atoms with Crippen molar-refractivity contribution in [1.82, 2.24) is 10.9 Å². The smallest absolute Gasteiger partial charge is 0.279 e. The topological polar surface area (TPSA) is 76.7 Å². The van der Waals surface area contributed by atoms with Crippen molar-refractivity contribution in [3.63, 3.8) is 0 Å². The highest BCUT2D eigenvalue weighted by Crippen LogP contribution is 2.28. The number of carbonyl (C=O) groups is 2. The highest BCUT2D eigenvalue weighted by atomic mass is 79.9. The summed E-state index contributed by atoms with van der Waals surface area (Å²) >= 11 is 12.4. The van der Waals surface area contributed by atoms with Crippen LogP contribution in [0.4, 0.5) is 0 Å². The summed E-state index contributed by atoms with van der Waals surface area (Å²) < 4.78 is 12.4. The van der Waals surface area contributed by atoms with Crippen LogP contribution in [0.1, 0.15) is 6.92 Å². The minimum Gasteiger partial charge on any atom is -0.483 e. The maximum atomic E-state index is 12.0. The number of nitrogens with one attached hydrogen (secondary N) is 2.